The van der Waals surface area contributed by atoms with Crippen LogP contribution in [0.15, 0.2) is 0 Å². The van der Waals surface area contributed by atoms with E-state index in [0.717, 1.165) is 31.5 Å². The Morgan fingerprint density at radius 3 is 2.59 bits per heavy atom. The first-order valence-electron chi connectivity index (χ1n) is 6.19. The third-order valence-corrected chi connectivity index (χ3v) is 2.40. The Hall–Kier alpha value is -1.52. The van der Waals surface area contributed by atoms with Crippen molar-refractivity contribution < 1.29 is 4.74 Å². The summed E-state index contributed by atoms with van der Waals surface area (Å²) in [6, 6.07) is 0. The molecule has 0 radical (unpaired) electrons. The smallest absolute Gasteiger partial charge is 0.242 e. The number of nitrogens with zero attached hydrogens (tertiary/aromatic N) is 2. The summed E-state index contributed by atoms with van der Waals surface area (Å²) >= 11 is 0. The molecule has 1 aromatic rings. The maximum Gasteiger partial charge on any atom is 0.242 e. The number of hydrogen-bond donors (Lipinski definition) is 2. The van der Waals surface area contributed by atoms with Gasteiger partial charge in [0.1, 0.15) is 11.5 Å². The van der Waals surface area contributed by atoms with E-state index in [1.54, 1.807) is 7.05 Å². The highest BCUT2D eigenvalue weighted by molar-refractivity contribution is 5.66. The summed E-state index contributed by atoms with van der Waals surface area (Å²) in [5.41, 5.74) is 6.42. The van der Waals surface area contributed by atoms with Gasteiger partial charge in [0.25, 0.3) is 0 Å². The van der Waals surface area contributed by atoms with Crippen LogP contribution >= 0.6 is 0 Å². The van der Waals surface area contributed by atoms with Gasteiger partial charge in [-0.25, -0.2) is 4.98 Å². The molecule has 0 aromatic carbocycles. The van der Waals surface area contributed by atoms with Crippen LogP contribution in [0.1, 0.15) is 38.9 Å². The largest absolute Gasteiger partial charge is 0.476 e. The fraction of sp³-hybridized carbons (Fsp3) is 0.667. The Morgan fingerprint density at radius 2 is 2.00 bits per heavy atom. The molecule has 0 bridgehead atoms. The Bertz CT molecular complexity index is 355. The van der Waals surface area contributed by atoms with Crippen molar-refractivity contribution in [1.29, 1.82) is 0 Å². The maximum atomic E-state index is 5.93. The predicted octanol–water partition coefficient (Wildman–Crippen LogP) is 2.23. The van der Waals surface area contributed by atoms with Gasteiger partial charge >= 0.3 is 0 Å². The molecule has 0 amide bonds. The number of ether oxygens (including phenoxy) is 1. The molecule has 1 rings (SSSR count). The second-order valence-corrected chi connectivity index (χ2v) is 3.91. The number of nitrogens with two attached hydrogens (primary N) is 1. The number of rotatable bonds is 7. The van der Waals surface area contributed by atoms with E-state index in [1.807, 2.05) is 0 Å². The monoisotopic (exact) mass is 238 g/mol. The molecule has 96 valence electrons. The molecule has 0 spiro atoms. The highest BCUT2D eigenvalue weighted by Crippen LogP contribution is 2.26. The molecule has 0 saturated carbocycles. The first-order chi connectivity index (χ1) is 8.22. The third kappa shape index (κ3) is 3.76. The minimum Gasteiger partial charge on any atom is -0.476 e. The number of nitrogen functional groups attached to an aromatic ring is 1. The summed E-state index contributed by atoms with van der Waals surface area (Å²) in [5, 5.41) is 2.97. The second-order valence-electron chi connectivity index (χ2n) is 3.91. The van der Waals surface area contributed by atoms with E-state index >= 15 is 0 Å². The van der Waals surface area contributed by atoms with Gasteiger partial charge in [-0.2, -0.15) is 4.98 Å². The number of unbranched alkanes of at least 4 members (excludes halogenated alkanes) is 1. The van der Waals surface area contributed by atoms with Gasteiger partial charge in [0.05, 0.1) is 6.61 Å². The highest BCUT2D eigenvalue weighted by Gasteiger charge is 2.11. The van der Waals surface area contributed by atoms with E-state index in [2.05, 4.69) is 29.1 Å². The van der Waals surface area contributed by atoms with Crippen LogP contribution in [0, 0.1) is 0 Å². The zero-order chi connectivity index (χ0) is 12.7. The number of anilines is 2. The summed E-state index contributed by atoms with van der Waals surface area (Å²) < 4.78 is 5.59. The maximum absolute atomic E-state index is 5.93. The number of hydrogen-bond acceptors (Lipinski definition) is 5. The van der Waals surface area contributed by atoms with Gasteiger partial charge in [0, 0.05) is 13.5 Å². The van der Waals surface area contributed by atoms with Crippen molar-refractivity contribution in [3.63, 3.8) is 0 Å². The van der Waals surface area contributed by atoms with E-state index in [4.69, 9.17) is 10.5 Å². The van der Waals surface area contributed by atoms with Crippen LogP contribution in [0.2, 0.25) is 0 Å². The molecule has 0 aliphatic carbocycles. The van der Waals surface area contributed by atoms with Crippen molar-refractivity contribution in [2.75, 3.05) is 24.7 Å². The summed E-state index contributed by atoms with van der Waals surface area (Å²) in [7, 11) is 1.80. The van der Waals surface area contributed by atoms with Gasteiger partial charge in [0.2, 0.25) is 5.88 Å². The molecular weight excluding hydrogens is 216 g/mol. The van der Waals surface area contributed by atoms with Crippen molar-refractivity contribution in [2.24, 2.45) is 0 Å². The van der Waals surface area contributed by atoms with Crippen molar-refractivity contribution in [3.8, 4) is 5.88 Å². The minimum atomic E-state index is 0.489. The SMILES string of the molecule is CCCCOc1nc(CCC)nc(NC)c1N. The van der Waals surface area contributed by atoms with Gasteiger partial charge in [0.15, 0.2) is 5.82 Å². The molecule has 1 aromatic heterocycles. The molecule has 5 nitrogen and oxygen atoms in total. The summed E-state index contributed by atoms with van der Waals surface area (Å²) in [6.07, 6.45) is 3.92. The number of nitrogens with one attached hydrogen (secondary N) is 1. The standard InChI is InChI=1S/C12H22N4O/c1-4-6-8-17-12-10(13)11(14-3)15-9(16-12)7-5-2/h4-8,13H2,1-3H3,(H,14,15,16). The molecule has 3 N–H and O–H groups in total. The van der Waals surface area contributed by atoms with Gasteiger partial charge < -0.3 is 15.8 Å². The lowest BCUT2D eigenvalue weighted by molar-refractivity contribution is 0.298. The van der Waals surface area contributed by atoms with Crippen molar-refractivity contribution in [1.82, 2.24) is 9.97 Å². The topological polar surface area (TPSA) is 73.1 Å². The molecule has 1 heterocycles. The van der Waals surface area contributed by atoms with Gasteiger partial charge in [-0.1, -0.05) is 20.3 Å². The summed E-state index contributed by atoms with van der Waals surface area (Å²) in [6.45, 7) is 4.86. The average Bonchev–Trinajstić information content (AvgIpc) is 2.33. The molecular formula is C12H22N4O. The van der Waals surface area contributed by atoms with E-state index in [0.29, 0.717) is 24.0 Å². The molecule has 17 heavy (non-hydrogen) atoms. The molecule has 0 fully saturated rings. The van der Waals surface area contributed by atoms with Gasteiger partial charge in [-0.3, -0.25) is 0 Å². The average molecular weight is 238 g/mol. The fourth-order valence-electron chi connectivity index (χ4n) is 1.44. The second kappa shape index (κ2) is 6.93. The van der Waals surface area contributed by atoms with E-state index < -0.39 is 0 Å². The van der Waals surface area contributed by atoms with Crippen LogP contribution in [0.3, 0.4) is 0 Å². The normalized spacial score (nSPS) is 10.3. The van der Waals surface area contributed by atoms with Crippen LogP contribution < -0.4 is 15.8 Å². The lowest BCUT2D eigenvalue weighted by Gasteiger charge is -2.12. The zero-order valence-corrected chi connectivity index (χ0v) is 10.9. The van der Waals surface area contributed by atoms with Gasteiger partial charge in [-0.15, -0.1) is 0 Å². The summed E-state index contributed by atoms with van der Waals surface area (Å²) in [4.78, 5) is 8.69. The first-order valence-corrected chi connectivity index (χ1v) is 6.19. The van der Waals surface area contributed by atoms with Gasteiger partial charge in [-0.05, 0) is 12.8 Å². The van der Waals surface area contributed by atoms with E-state index in [9.17, 15) is 0 Å². The predicted molar refractivity (Wildman–Crippen MR) is 70.4 cm³/mol. The zero-order valence-electron chi connectivity index (χ0n) is 10.9. The highest BCUT2D eigenvalue weighted by atomic mass is 16.5. The molecule has 0 saturated heterocycles. The van der Waals surface area contributed by atoms with Crippen LogP contribution in [0.4, 0.5) is 11.5 Å². The minimum absolute atomic E-state index is 0.489. The lowest BCUT2D eigenvalue weighted by Crippen LogP contribution is -2.09. The van der Waals surface area contributed by atoms with Crippen LogP contribution in [-0.2, 0) is 6.42 Å². The van der Waals surface area contributed by atoms with Crippen LogP contribution in [0.5, 0.6) is 5.88 Å². The molecule has 0 aliphatic rings. The van der Waals surface area contributed by atoms with E-state index in [1.165, 1.54) is 0 Å². The first kappa shape index (κ1) is 13.5. The van der Waals surface area contributed by atoms with Crippen LogP contribution in [-0.4, -0.2) is 23.6 Å². The molecule has 0 aliphatic heterocycles. The third-order valence-electron chi connectivity index (χ3n) is 2.40. The van der Waals surface area contributed by atoms with Crippen molar-refractivity contribution >= 4 is 11.5 Å². The molecule has 0 atom stereocenters. The molecule has 0 unspecified atom stereocenters. The Morgan fingerprint density at radius 1 is 1.24 bits per heavy atom. The van der Waals surface area contributed by atoms with Crippen LogP contribution in [0.25, 0.3) is 0 Å². The summed E-state index contributed by atoms with van der Waals surface area (Å²) in [5.74, 6) is 1.92. The number of aromatic nitrogens is 2. The fourth-order valence-corrected chi connectivity index (χ4v) is 1.44. The van der Waals surface area contributed by atoms with Crippen molar-refractivity contribution in [3.05, 3.63) is 5.82 Å². The quantitative estimate of drug-likeness (QED) is 0.713. The Kier molecular flexibility index (Phi) is 5.52. The van der Waals surface area contributed by atoms with Crippen molar-refractivity contribution in [2.45, 2.75) is 39.5 Å². The Labute approximate surface area is 103 Å². The number of aryl methyl sites for hydroxylation is 1. The Balaban J connectivity index is 2.88. The molecule has 5 heteroatoms. The lowest BCUT2D eigenvalue weighted by atomic mass is 10.3. The van der Waals surface area contributed by atoms with E-state index in [-0.39, 0.29) is 0 Å².